The molecule has 4 heteroatoms. The average molecular weight is 510 g/mol. The van der Waals surface area contributed by atoms with Crippen molar-refractivity contribution in [1.82, 2.24) is 0 Å². The standard InChI is InChI=1S/C34H39NO3/c1-6-8-21-35(22-9-7-2)25-19-20-27-29(23-25)37-32-30(27)31(36)26-17-13-14-18-28(26)34(32,38-33(3,4)5)24-15-11-10-12-16-24/h10-20,23H,6-9,21-22H2,1-5H3. The van der Waals surface area contributed by atoms with Crippen LogP contribution in [-0.2, 0) is 10.3 Å². The van der Waals surface area contributed by atoms with Crippen LogP contribution in [0, 0.1) is 0 Å². The van der Waals surface area contributed by atoms with Crippen molar-refractivity contribution >= 4 is 22.4 Å². The molecule has 0 fully saturated rings. The number of fused-ring (bicyclic) bond motifs is 4. The number of anilines is 1. The second kappa shape index (κ2) is 10.4. The van der Waals surface area contributed by atoms with Gasteiger partial charge in [0, 0.05) is 41.4 Å². The third kappa shape index (κ3) is 4.56. The second-order valence-electron chi connectivity index (χ2n) is 11.3. The minimum Gasteiger partial charge on any atom is -0.456 e. The summed E-state index contributed by atoms with van der Waals surface area (Å²) in [4.78, 5) is 16.5. The minimum atomic E-state index is -1.05. The summed E-state index contributed by atoms with van der Waals surface area (Å²) in [5, 5.41) is 0.840. The predicted octanol–water partition coefficient (Wildman–Crippen LogP) is 8.49. The second-order valence-corrected chi connectivity index (χ2v) is 11.3. The number of hydrogen-bond donors (Lipinski definition) is 0. The fourth-order valence-corrected chi connectivity index (χ4v) is 5.65. The van der Waals surface area contributed by atoms with E-state index in [0.29, 0.717) is 16.9 Å². The zero-order valence-electron chi connectivity index (χ0n) is 23.3. The van der Waals surface area contributed by atoms with Gasteiger partial charge in [0.05, 0.1) is 11.2 Å². The van der Waals surface area contributed by atoms with Gasteiger partial charge >= 0.3 is 0 Å². The van der Waals surface area contributed by atoms with Gasteiger partial charge in [-0.3, -0.25) is 4.79 Å². The van der Waals surface area contributed by atoms with E-state index in [1.807, 2.05) is 42.5 Å². The number of carbonyl (C=O) groups excluding carboxylic acids is 1. The number of benzene rings is 3. The zero-order chi connectivity index (χ0) is 26.9. The van der Waals surface area contributed by atoms with E-state index in [2.05, 4.69) is 69.9 Å². The highest BCUT2D eigenvalue weighted by molar-refractivity contribution is 6.19. The fraction of sp³-hybridized carbons (Fsp3) is 0.382. The van der Waals surface area contributed by atoms with Crippen molar-refractivity contribution in [3.05, 3.63) is 101 Å². The molecule has 3 aromatic carbocycles. The molecule has 5 rings (SSSR count). The Balaban J connectivity index is 1.77. The van der Waals surface area contributed by atoms with Crippen LogP contribution in [0.5, 0.6) is 0 Å². The van der Waals surface area contributed by atoms with Crippen LogP contribution >= 0.6 is 0 Å². The number of unbranched alkanes of at least 4 members (excludes halogenated alkanes) is 2. The number of hydrogen-bond acceptors (Lipinski definition) is 4. The van der Waals surface area contributed by atoms with Crippen molar-refractivity contribution in [2.45, 2.75) is 71.5 Å². The van der Waals surface area contributed by atoms with Crippen LogP contribution in [-0.4, -0.2) is 24.5 Å². The van der Waals surface area contributed by atoms with E-state index in [1.54, 1.807) is 0 Å². The molecule has 1 heterocycles. The smallest absolute Gasteiger partial charge is 0.197 e. The number of ketones is 1. The van der Waals surface area contributed by atoms with Crippen molar-refractivity contribution < 1.29 is 13.9 Å². The molecule has 0 aliphatic heterocycles. The van der Waals surface area contributed by atoms with Gasteiger partial charge in [0.1, 0.15) is 5.58 Å². The molecule has 1 aromatic heterocycles. The van der Waals surface area contributed by atoms with Crippen LogP contribution in [0.15, 0.2) is 77.2 Å². The molecular formula is C34H39NO3. The van der Waals surface area contributed by atoms with Gasteiger partial charge in [0.2, 0.25) is 0 Å². The lowest BCUT2D eigenvalue weighted by Crippen LogP contribution is -2.43. The van der Waals surface area contributed by atoms with Crippen LogP contribution in [0.2, 0.25) is 0 Å². The lowest BCUT2D eigenvalue weighted by molar-refractivity contribution is -0.101. The predicted molar refractivity (Wildman–Crippen MR) is 155 cm³/mol. The van der Waals surface area contributed by atoms with Crippen molar-refractivity contribution in [2.24, 2.45) is 0 Å². The summed E-state index contributed by atoms with van der Waals surface area (Å²) in [5.41, 5.74) is 3.33. The van der Waals surface area contributed by atoms with Gasteiger partial charge in [-0.1, -0.05) is 81.3 Å². The molecule has 0 saturated carbocycles. The van der Waals surface area contributed by atoms with E-state index in [4.69, 9.17) is 9.15 Å². The van der Waals surface area contributed by atoms with Crippen LogP contribution in [0.3, 0.4) is 0 Å². The Bertz CT molecular complexity index is 1420. The van der Waals surface area contributed by atoms with Gasteiger partial charge in [-0.15, -0.1) is 0 Å². The van der Waals surface area contributed by atoms with Crippen LogP contribution in [0.25, 0.3) is 11.0 Å². The monoisotopic (exact) mass is 509 g/mol. The van der Waals surface area contributed by atoms with Gasteiger partial charge in [0.15, 0.2) is 17.1 Å². The molecule has 198 valence electrons. The van der Waals surface area contributed by atoms with E-state index in [1.165, 1.54) is 0 Å². The number of ether oxygens (including phenoxy) is 1. The molecule has 1 aliphatic carbocycles. The zero-order valence-corrected chi connectivity index (χ0v) is 23.3. The van der Waals surface area contributed by atoms with E-state index in [0.717, 1.165) is 66.6 Å². The Morgan fingerprint density at radius 3 is 2.18 bits per heavy atom. The first-order valence-corrected chi connectivity index (χ1v) is 14.0. The molecular weight excluding hydrogens is 470 g/mol. The Morgan fingerprint density at radius 2 is 1.53 bits per heavy atom. The molecule has 1 atom stereocenters. The molecule has 1 unspecified atom stereocenters. The maximum atomic E-state index is 14.0. The minimum absolute atomic E-state index is 0.0139. The third-order valence-corrected chi connectivity index (χ3v) is 7.34. The summed E-state index contributed by atoms with van der Waals surface area (Å²) in [6.45, 7) is 12.6. The lowest BCUT2D eigenvalue weighted by Gasteiger charge is -2.42. The summed E-state index contributed by atoms with van der Waals surface area (Å²) in [7, 11) is 0. The Morgan fingerprint density at radius 1 is 0.868 bits per heavy atom. The van der Waals surface area contributed by atoms with Gasteiger partial charge in [0.25, 0.3) is 0 Å². The molecule has 4 aromatic rings. The van der Waals surface area contributed by atoms with Crippen molar-refractivity contribution in [3.63, 3.8) is 0 Å². The van der Waals surface area contributed by atoms with Crippen molar-refractivity contribution in [2.75, 3.05) is 18.0 Å². The van der Waals surface area contributed by atoms with E-state index in [-0.39, 0.29) is 5.78 Å². The van der Waals surface area contributed by atoms with E-state index >= 15 is 0 Å². The molecule has 0 radical (unpaired) electrons. The largest absolute Gasteiger partial charge is 0.456 e. The normalized spacial score (nSPS) is 16.9. The number of rotatable bonds is 9. The van der Waals surface area contributed by atoms with Crippen molar-refractivity contribution in [1.29, 1.82) is 0 Å². The molecule has 4 nitrogen and oxygen atoms in total. The molecule has 0 N–H and O–H groups in total. The Hall–Kier alpha value is -3.37. The van der Waals surface area contributed by atoms with Gasteiger partial charge in [-0.2, -0.15) is 0 Å². The highest BCUT2D eigenvalue weighted by Crippen LogP contribution is 2.52. The summed E-state index contributed by atoms with van der Waals surface area (Å²) in [6, 6.07) is 24.3. The van der Waals surface area contributed by atoms with Gasteiger partial charge < -0.3 is 14.1 Å². The number of furan rings is 1. The lowest BCUT2D eigenvalue weighted by atomic mass is 9.73. The molecule has 0 bridgehead atoms. The maximum Gasteiger partial charge on any atom is 0.197 e. The summed E-state index contributed by atoms with van der Waals surface area (Å²) < 4.78 is 13.8. The molecule has 0 amide bonds. The van der Waals surface area contributed by atoms with Crippen LogP contribution < -0.4 is 4.90 Å². The molecule has 0 spiro atoms. The van der Waals surface area contributed by atoms with Crippen molar-refractivity contribution in [3.8, 4) is 0 Å². The summed E-state index contributed by atoms with van der Waals surface area (Å²) >= 11 is 0. The SMILES string of the molecule is CCCCN(CCCC)c1ccc2c3c(oc2c1)C(OC(C)(C)C)(c1ccccc1)c1ccccc1C3=O. The maximum absolute atomic E-state index is 14.0. The van der Waals surface area contributed by atoms with Gasteiger partial charge in [-0.25, -0.2) is 0 Å². The third-order valence-electron chi connectivity index (χ3n) is 7.34. The highest BCUT2D eigenvalue weighted by Gasteiger charge is 2.52. The van der Waals surface area contributed by atoms with E-state index < -0.39 is 11.2 Å². The molecule has 38 heavy (non-hydrogen) atoms. The molecule has 0 saturated heterocycles. The first-order valence-electron chi connectivity index (χ1n) is 14.0. The van der Waals surface area contributed by atoms with Gasteiger partial charge in [-0.05, 0) is 51.3 Å². The summed E-state index contributed by atoms with van der Waals surface area (Å²) in [5.74, 6) is 0.558. The first-order chi connectivity index (χ1) is 18.3. The fourth-order valence-electron chi connectivity index (χ4n) is 5.65. The number of carbonyl (C=O) groups is 1. The molecule has 1 aliphatic rings. The van der Waals surface area contributed by atoms with E-state index in [9.17, 15) is 4.79 Å². The summed E-state index contributed by atoms with van der Waals surface area (Å²) in [6.07, 6.45) is 4.58. The van der Waals surface area contributed by atoms with Crippen LogP contribution in [0.4, 0.5) is 5.69 Å². The highest BCUT2D eigenvalue weighted by atomic mass is 16.5. The average Bonchev–Trinajstić information content (AvgIpc) is 3.31. The van der Waals surface area contributed by atoms with Crippen LogP contribution in [0.1, 0.15) is 93.1 Å². The quantitative estimate of drug-likeness (QED) is 0.227. The topological polar surface area (TPSA) is 42.7 Å². The Kier molecular flexibility index (Phi) is 7.19. The first kappa shape index (κ1) is 26.2. The number of nitrogens with zero attached hydrogens (tertiary/aromatic N) is 1. The Labute approximate surface area is 226 Å².